The summed E-state index contributed by atoms with van der Waals surface area (Å²) < 4.78 is 23.1. The number of fused-ring (bicyclic) bond motifs is 1. The largest absolute Gasteiger partial charge is 0.468 e. The monoisotopic (exact) mass is 531 g/mol. The fraction of sp³-hybridized carbons (Fsp3) is 0.417. The van der Waals surface area contributed by atoms with Crippen LogP contribution in [0.4, 0.5) is 21.8 Å². The lowest BCUT2D eigenvalue weighted by Crippen LogP contribution is -2.44. The summed E-state index contributed by atoms with van der Waals surface area (Å²) in [5.41, 5.74) is 1.61. The summed E-state index contributed by atoms with van der Waals surface area (Å²) in [7, 11) is 2.63. The molecule has 1 fully saturated rings. The maximum absolute atomic E-state index is 13.6. The second kappa shape index (κ2) is 12.1. The van der Waals surface area contributed by atoms with Gasteiger partial charge < -0.3 is 19.7 Å². The molecule has 0 amide bonds. The number of carbonyl (C=O) groups excluding carboxylic acids is 2. The van der Waals surface area contributed by atoms with Crippen molar-refractivity contribution in [2.24, 2.45) is 5.92 Å². The molecule has 1 aromatic carbocycles. The van der Waals surface area contributed by atoms with Crippen molar-refractivity contribution in [2.45, 2.75) is 12.8 Å². The lowest BCUT2D eigenvalue weighted by atomic mass is 9.97. The van der Waals surface area contributed by atoms with Gasteiger partial charge in [0.25, 0.3) is 0 Å². The highest BCUT2D eigenvalue weighted by Crippen LogP contribution is 2.27. The van der Waals surface area contributed by atoms with Gasteiger partial charge in [-0.25, -0.2) is 24.3 Å². The van der Waals surface area contributed by atoms with Crippen molar-refractivity contribution in [3.05, 3.63) is 41.6 Å². The first kappa shape index (κ1) is 26.4. The Labute approximate surface area is 218 Å². The molecule has 3 heterocycles. The summed E-state index contributed by atoms with van der Waals surface area (Å²) in [5, 5.41) is 3.11. The van der Waals surface area contributed by atoms with Crippen LogP contribution in [0.3, 0.4) is 0 Å². The van der Waals surface area contributed by atoms with Crippen molar-refractivity contribution >= 4 is 52.0 Å². The number of halogens is 2. The fourth-order valence-corrected chi connectivity index (χ4v) is 4.42. The highest BCUT2D eigenvalue weighted by Gasteiger charge is 2.26. The second-order valence-electron chi connectivity index (χ2n) is 8.66. The van der Waals surface area contributed by atoms with E-state index in [1.807, 2.05) is 0 Å². The Hall–Kier alpha value is -3.64. The van der Waals surface area contributed by atoms with Crippen LogP contribution >= 0.6 is 11.6 Å². The zero-order chi connectivity index (χ0) is 26.4. The molecule has 0 saturated carbocycles. The topological polar surface area (TPSA) is 123 Å². The standard InChI is InChI=1S/C24H27ClFN7O4/c1-36-20(34)12-32(13-21(35)37-2)10-15-4-3-7-33(11-15)24-27-9-19-22(31-24)23(29-14-28-19)30-16-5-6-18(26)17(25)8-16/h5-6,8-9,14-15H,3-4,7,10-13H2,1-2H3,(H,28,29,30). The number of hydrogen-bond donors (Lipinski definition) is 1. The number of ether oxygens (including phenoxy) is 2. The molecule has 1 aliphatic rings. The van der Waals surface area contributed by atoms with E-state index in [0.717, 1.165) is 19.4 Å². The zero-order valence-corrected chi connectivity index (χ0v) is 21.2. The molecule has 1 N–H and O–H groups in total. The van der Waals surface area contributed by atoms with Crippen LogP contribution < -0.4 is 10.2 Å². The van der Waals surface area contributed by atoms with Crippen LogP contribution in [0.1, 0.15) is 12.8 Å². The van der Waals surface area contributed by atoms with E-state index in [9.17, 15) is 14.0 Å². The summed E-state index contributed by atoms with van der Waals surface area (Å²) >= 11 is 5.91. The summed E-state index contributed by atoms with van der Waals surface area (Å²) in [4.78, 5) is 45.3. The molecule has 11 nitrogen and oxygen atoms in total. The Morgan fingerprint density at radius 1 is 1.19 bits per heavy atom. The lowest BCUT2D eigenvalue weighted by molar-refractivity contribution is -0.145. The number of nitrogens with zero attached hydrogens (tertiary/aromatic N) is 6. The first-order valence-electron chi connectivity index (χ1n) is 11.7. The number of carbonyl (C=O) groups is 2. The van der Waals surface area contributed by atoms with Gasteiger partial charge in [-0.05, 0) is 37.0 Å². The molecule has 0 spiro atoms. The molecular weight excluding hydrogens is 505 g/mol. The minimum Gasteiger partial charge on any atom is -0.468 e. The van der Waals surface area contributed by atoms with Crippen LogP contribution in [0, 0.1) is 11.7 Å². The molecule has 4 rings (SSSR count). The Morgan fingerprint density at radius 3 is 2.65 bits per heavy atom. The molecule has 196 valence electrons. The number of nitrogens with one attached hydrogen (secondary N) is 1. The van der Waals surface area contributed by atoms with Gasteiger partial charge in [0.05, 0.1) is 38.5 Å². The average molecular weight is 532 g/mol. The van der Waals surface area contributed by atoms with Crippen molar-refractivity contribution in [2.75, 3.05) is 57.2 Å². The Bertz CT molecular complexity index is 1260. The molecule has 2 aromatic heterocycles. The smallest absolute Gasteiger partial charge is 0.319 e. The first-order chi connectivity index (χ1) is 17.9. The Kier molecular flexibility index (Phi) is 8.62. The molecule has 0 bridgehead atoms. The van der Waals surface area contributed by atoms with E-state index in [2.05, 4.69) is 25.2 Å². The van der Waals surface area contributed by atoms with E-state index < -0.39 is 17.8 Å². The van der Waals surface area contributed by atoms with E-state index >= 15 is 0 Å². The summed E-state index contributed by atoms with van der Waals surface area (Å²) in [5.74, 6) is -0.241. The van der Waals surface area contributed by atoms with Crippen LogP contribution in [0.5, 0.6) is 0 Å². The third kappa shape index (κ3) is 6.77. The number of rotatable bonds is 9. The van der Waals surface area contributed by atoms with Gasteiger partial charge >= 0.3 is 11.9 Å². The van der Waals surface area contributed by atoms with Gasteiger partial charge in [0, 0.05) is 25.3 Å². The number of piperidine rings is 1. The summed E-state index contributed by atoms with van der Waals surface area (Å²) in [6, 6.07) is 4.30. The molecule has 1 saturated heterocycles. The van der Waals surface area contributed by atoms with Crippen LogP contribution in [-0.2, 0) is 19.1 Å². The molecule has 1 aliphatic heterocycles. The van der Waals surface area contributed by atoms with E-state index in [1.54, 1.807) is 17.2 Å². The van der Waals surface area contributed by atoms with Gasteiger partial charge in [-0.15, -0.1) is 0 Å². The van der Waals surface area contributed by atoms with Gasteiger partial charge in [0.2, 0.25) is 5.95 Å². The van der Waals surface area contributed by atoms with E-state index in [-0.39, 0.29) is 24.0 Å². The number of anilines is 3. The second-order valence-corrected chi connectivity index (χ2v) is 9.06. The van der Waals surface area contributed by atoms with Crippen LogP contribution in [0.2, 0.25) is 5.02 Å². The Balaban J connectivity index is 1.52. The minimum atomic E-state index is -0.513. The number of esters is 2. The van der Waals surface area contributed by atoms with Gasteiger partial charge in [0.15, 0.2) is 5.82 Å². The highest BCUT2D eigenvalue weighted by atomic mass is 35.5. The molecule has 0 radical (unpaired) electrons. The molecule has 3 aromatic rings. The molecule has 1 atom stereocenters. The first-order valence-corrected chi connectivity index (χ1v) is 12.0. The molecule has 37 heavy (non-hydrogen) atoms. The van der Waals surface area contributed by atoms with E-state index in [4.69, 9.17) is 26.1 Å². The van der Waals surface area contributed by atoms with Gasteiger partial charge in [-0.2, -0.15) is 0 Å². The van der Waals surface area contributed by atoms with Gasteiger partial charge in [0.1, 0.15) is 23.2 Å². The van der Waals surface area contributed by atoms with Gasteiger partial charge in [-0.1, -0.05) is 11.6 Å². The predicted octanol–water partition coefficient (Wildman–Crippen LogP) is 2.82. The summed E-state index contributed by atoms with van der Waals surface area (Å²) in [6.45, 7) is 1.88. The number of aromatic nitrogens is 4. The Morgan fingerprint density at radius 2 is 1.95 bits per heavy atom. The third-order valence-corrected chi connectivity index (χ3v) is 6.32. The maximum Gasteiger partial charge on any atom is 0.319 e. The highest BCUT2D eigenvalue weighted by molar-refractivity contribution is 6.31. The normalized spacial score (nSPS) is 15.6. The van der Waals surface area contributed by atoms with Gasteiger partial charge in [-0.3, -0.25) is 14.5 Å². The molecule has 13 heteroatoms. The van der Waals surface area contributed by atoms with Crippen molar-refractivity contribution in [3.63, 3.8) is 0 Å². The summed E-state index contributed by atoms with van der Waals surface area (Å²) in [6.07, 6.45) is 4.84. The SMILES string of the molecule is COC(=O)CN(CC(=O)OC)CC1CCCN(c2ncc3ncnc(Nc4ccc(F)c(Cl)c4)c3n2)C1. The van der Waals surface area contributed by atoms with E-state index in [0.29, 0.717) is 41.6 Å². The lowest BCUT2D eigenvalue weighted by Gasteiger charge is -2.35. The number of methoxy groups -OCH3 is 2. The van der Waals surface area contributed by atoms with Crippen molar-refractivity contribution < 1.29 is 23.5 Å². The molecular formula is C24H27ClFN7O4. The van der Waals surface area contributed by atoms with Crippen LogP contribution in [0.25, 0.3) is 11.0 Å². The number of benzene rings is 1. The fourth-order valence-electron chi connectivity index (χ4n) is 4.24. The average Bonchev–Trinajstić information content (AvgIpc) is 2.90. The maximum atomic E-state index is 13.6. The van der Waals surface area contributed by atoms with Crippen molar-refractivity contribution in [1.29, 1.82) is 0 Å². The van der Waals surface area contributed by atoms with E-state index in [1.165, 1.54) is 32.7 Å². The predicted molar refractivity (Wildman–Crippen MR) is 135 cm³/mol. The molecule has 0 aliphatic carbocycles. The zero-order valence-electron chi connectivity index (χ0n) is 20.5. The van der Waals surface area contributed by atoms with Crippen molar-refractivity contribution in [1.82, 2.24) is 24.8 Å². The number of hydrogen-bond acceptors (Lipinski definition) is 11. The van der Waals surface area contributed by atoms with Crippen LogP contribution in [0.15, 0.2) is 30.7 Å². The van der Waals surface area contributed by atoms with Crippen LogP contribution in [-0.4, -0.2) is 83.7 Å². The molecule has 1 unspecified atom stereocenters. The minimum absolute atomic E-state index is 0.00561. The third-order valence-electron chi connectivity index (χ3n) is 6.03. The quantitative estimate of drug-likeness (QED) is 0.410. The van der Waals surface area contributed by atoms with Crippen molar-refractivity contribution in [3.8, 4) is 0 Å².